The number of anilines is 2. The average molecular weight is 384 g/mol. The number of benzene rings is 2. The predicted molar refractivity (Wildman–Crippen MR) is 111 cm³/mol. The Bertz CT molecular complexity index is 1270. The molecule has 4 aromatic rings. The minimum absolute atomic E-state index is 0.0401. The normalized spacial score (nSPS) is 15.2. The molecule has 0 unspecified atom stereocenters. The van der Waals surface area contributed by atoms with Crippen LogP contribution in [0.2, 0.25) is 0 Å². The van der Waals surface area contributed by atoms with Crippen molar-refractivity contribution in [3.05, 3.63) is 65.9 Å². The van der Waals surface area contributed by atoms with Gasteiger partial charge in [0.15, 0.2) is 5.58 Å². The second-order valence-corrected chi connectivity index (χ2v) is 7.96. The predicted octanol–water partition coefficient (Wildman–Crippen LogP) is 4.86. The Hall–Kier alpha value is -3.54. The van der Waals surface area contributed by atoms with Crippen molar-refractivity contribution in [1.82, 2.24) is 15.1 Å². The lowest BCUT2D eigenvalue weighted by Gasteiger charge is -2.20. The van der Waals surface area contributed by atoms with Crippen LogP contribution in [-0.4, -0.2) is 21.0 Å². The minimum atomic E-state index is -0.615. The average Bonchev–Trinajstić information content (AvgIpc) is 3.17. The van der Waals surface area contributed by atoms with E-state index in [1.54, 1.807) is 4.90 Å². The summed E-state index contributed by atoms with van der Waals surface area (Å²) in [5.74, 6) is 0.767. The monoisotopic (exact) mass is 384 g/mol. The Morgan fingerprint density at radius 2 is 1.72 bits per heavy atom. The largest absolute Gasteiger partial charge is 0.356 e. The molecule has 1 aliphatic rings. The van der Waals surface area contributed by atoms with Gasteiger partial charge in [0.1, 0.15) is 5.82 Å². The smallest absolute Gasteiger partial charge is 0.241 e. The van der Waals surface area contributed by atoms with Crippen molar-refractivity contribution in [2.45, 2.75) is 33.1 Å². The van der Waals surface area contributed by atoms with Gasteiger partial charge in [-0.2, -0.15) is 0 Å². The zero-order chi connectivity index (χ0) is 20.3. The van der Waals surface area contributed by atoms with Crippen LogP contribution < -0.4 is 4.90 Å². The van der Waals surface area contributed by atoms with Gasteiger partial charge in [0.2, 0.25) is 5.91 Å². The SMILES string of the molecule is Cc1ncc(-c2ccc3c(c2)N(c2ccc4onc(C)c4c2)C(=O)C3(C)C)cn1. The van der Waals surface area contributed by atoms with Crippen LogP contribution in [0.5, 0.6) is 0 Å². The van der Waals surface area contributed by atoms with Crippen molar-refractivity contribution in [2.24, 2.45) is 0 Å². The maximum absolute atomic E-state index is 13.4. The Morgan fingerprint density at radius 1 is 0.966 bits per heavy atom. The second kappa shape index (κ2) is 5.98. The van der Waals surface area contributed by atoms with E-state index in [1.165, 1.54) is 0 Å². The summed E-state index contributed by atoms with van der Waals surface area (Å²) in [6, 6.07) is 11.8. The third kappa shape index (κ3) is 2.56. The number of aryl methyl sites for hydroxylation is 2. The lowest BCUT2D eigenvalue weighted by Crippen LogP contribution is -2.33. The first-order valence-corrected chi connectivity index (χ1v) is 9.50. The van der Waals surface area contributed by atoms with Crippen molar-refractivity contribution < 1.29 is 9.32 Å². The topological polar surface area (TPSA) is 72.1 Å². The van der Waals surface area contributed by atoms with E-state index in [4.69, 9.17) is 4.52 Å². The fraction of sp³-hybridized carbons (Fsp3) is 0.217. The van der Waals surface area contributed by atoms with E-state index in [0.717, 1.165) is 45.0 Å². The molecule has 0 bridgehead atoms. The molecule has 6 nitrogen and oxygen atoms in total. The first-order valence-electron chi connectivity index (χ1n) is 9.50. The molecular formula is C23H20N4O2. The number of aromatic nitrogens is 3. The Kier molecular flexibility index (Phi) is 3.62. The first-order chi connectivity index (χ1) is 13.9. The van der Waals surface area contributed by atoms with Crippen LogP contribution in [0, 0.1) is 13.8 Å². The van der Waals surface area contributed by atoms with Gasteiger partial charge in [-0.15, -0.1) is 0 Å². The van der Waals surface area contributed by atoms with Crippen LogP contribution in [0.4, 0.5) is 11.4 Å². The fourth-order valence-corrected chi connectivity index (χ4v) is 3.91. The molecule has 0 saturated heterocycles. The number of nitrogens with zero attached hydrogens (tertiary/aromatic N) is 4. The van der Waals surface area contributed by atoms with Crippen LogP contribution in [-0.2, 0) is 10.2 Å². The third-order valence-electron chi connectivity index (χ3n) is 5.66. The van der Waals surface area contributed by atoms with Crippen LogP contribution in [0.15, 0.2) is 53.3 Å². The third-order valence-corrected chi connectivity index (χ3v) is 5.66. The molecule has 0 atom stereocenters. The number of hydrogen-bond donors (Lipinski definition) is 0. The van der Waals surface area contributed by atoms with Crippen molar-refractivity contribution in [2.75, 3.05) is 4.90 Å². The van der Waals surface area contributed by atoms with Crippen molar-refractivity contribution in [3.8, 4) is 11.1 Å². The van der Waals surface area contributed by atoms with Gasteiger partial charge < -0.3 is 4.52 Å². The lowest BCUT2D eigenvalue weighted by atomic mass is 9.85. The molecule has 0 fully saturated rings. The molecule has 5 rings (SSSR count). The standard InChI is InChI=1S/C23H20N4O2/c1-13-18-10-17(6-8-21(18)29-26-13)27-20-9-15(16-11-24-14(2)25-12-16)5-7-19(20)23(3,4)22(27)28/h5-12H,1-4H3. The quantitative estimate of drug-likeness (QED) is 0.494. The van der Waals surface area contributed by atoms with Crippen molar-refractivity contribution in [3.63, 3.8) is 0 Å². The highest BCUT2D eigenvalue weighted by atomic mass is 16.5. The maximum Gasteiger partial charge on any atom is 0.241 e. The molecule has 1 amide bonds. The summed E-state index contributed by atoms with van der Waals surface area (Å²) in [5.41, 5.74) is 5.48. The van der Waals surface area contributed by atoms with E-state index in [1.807, 2.05) is 76.5 Å². The zero-order valence-electron chi connectivity index (χ0n) is 16.7. The second-order valence-electron chi connectivity index (χ2n) is 7.96. The van der Waals surface area contributed by atoms with Crippen LogP contribution in [0.25, 0.3) is 22.1 Å². The first kappa shape index (κ1) is 17.6. The molecule has 1 aliphatic heterocycles. The number of carbonyl (C=O) groups excluding carboxylic acids is 1. The molecular weight excluding hydrogens is 364 g/mol. The molecule has 3 heterocycles. The molecule has 0 saturated carbocycles. The van der Waals surface area contributed by atoms with Gasteiger partial charge in [-0.05, 0) is 63.1 Å². The molecule has 0 spiro atoms. The summed E-state index contributed by atoms with van der Waals surface area (Å²) in [7, 11) is 0. The molecule has 0 N–H and O–H groups in total. The molecule has 2 aromatic heterocycles. The molecule has 2 aromatic carbocycles. The summed E-state index contributed by atoms with van der Waals surface area (Å²) < 4.78 is 5.32. The number of amides is 1. The van der Waals surface area contributed by atoms with Gasteiger partial charge >= 0.3 is 0 Å². The molecule has 6 heteroatoms. The summed E-state index contributed by atoms with van der Waals surface area (Å²) >= 11 is 0. The lowest BCUT2D eigenvalue weighted by molar-refractivity contribution is -0.121. The van der Waals surface area contributed by atoms with E-state index in [9.17, 15) is 4.79 Å². The van der Waals surface area contributed by atoms with E-state index >= 15 is 0 Å². The van der Waals surface area contributed by atoms with Crippen LogP contribution >= 0.6 is 0 Å². The van der Waals surface area contributed by atoms with Gasteiger partial charge in [-0.25, -0.2) is 9.97 Å². The number of hydrogen-bond acceptors (Lipinski definition) is 5. The van der Waals surface area contributed by atoms with Crippen molar-refractivity contribution >= 4 is 28.3 Å². The Labute approximate surface area is 168 Å². The number of fused-ring (bicyclic) bond motifs is 2. The molecule has 144 valence electrons. The molecule has 29 heavy (non-hydrogen) atoms. The molecule has 0 radical (unpaired) electrons. The fourth-order valence-electron chi connectivity index (χ4n) is 3.91. The van der Waals surface area contributed by atoms with Gasteiger partial charge in [0, 0.05) is 29.0 Å². The summed E-state index contributed by atoms with van der Waals surface area (Å²) in [4.78, 5) is 23.8. The zero-order valence-corrected chi connectivity index (χ0v) is 16.7. The van der Waals surface area contributed by atoms with Crippen LogP contribution in [0.3, 0.4) is 0 Å². The van der Waals surface area contributed by atoms with E-state index in [2.05, 4.69) is 15.1 Å². The highest BCUT2D eigenvalue weighted by Crippen LogP contribution is 2.47. The summed E-state index contributed by atoms with van der Waals surface area (Å²) in [6.07, 6.45) is 3.62. The number of carbonyl (C=O) groups is 1. The van der Waals surface area contributed by atoms with Gasteiger partial charge in [-0.3, -0.25) is 9.69 Å². The Balaban J connectivity index is 1.69. The van der Waals surface area contributed by atoms with Crippen molar-refractivity contribution in [1.29, 1.82) is 0 Å². The number of rotatable bonds is 2. The van der Waals surface area contributed by atoms with Crippen LogP contribution in [0.1, 0.15) is 30.9 Å². The summed E-state index contributed by atoms with van der Waals surface area (Å²) in [5, 5.41) is 4.93. The maximum atomic E-state index is 13.4. The molecule has 0 aliphatic carbocycles. The van der Waals surface area contributed by atoms with E-state index < -0.39 is 5.41 Å². The van der Waals surface area contributed by atoms with Gasteiger partial charge in [0.05, 0.1) is 16.8 Å². The van der Waals surface area contributed by atoms with E-state index in [0.29, 0.717) is 5.58 Å². The van der Waals surface area contributed by atoms with Gasteiger partial charge in [0.25, 0.3) is 0 Å². The highest BCUT2D eigenvalue weighted by molar-refractivity contribution is 6.13. The Morgan fingerprint density at radius 3 is 2.48 bits per heavy atom. The minimum Gasteiger partial charge on any atom is -0.356 e. The van der Waals surface area contributed by atoms with Gasteiger partial charge in [-0.1, -0.05) is 17.3 Å². The summed E-state index contributed by atoms with van der Waals surface area (Å²) in [6.45, 7) is 7.69. The van der Waals surface area contributed by atoms with E-state index in [-0.39, 0.29) is 5.91 Å². The highest BCUT2D eigenvalue weighted by Gasteiger charge is 2.44.